The van der Waals surface area contributed by atoms with Gasteiger partial charge in [-0.1, -0.05) is 19.1 Å². The molecular formula is C14H15FN4. The van der Waals surface area contributed by atoms with Gasteiger partial charge in [-0.15, -0.1) is 0 Å². The molecule has 2 aromatic rings. The van der Waals surface area contributed by atoms with Crippen LogP contribution in [0, 0.1) is 17.1 Å². The van der Waals surface area contributed by atoms with E-state index in [1.54, 1.807) is 16.8 Å². The molecule has 0 aliphatic carbocycles. The van der Waals surface area contributed by atoms with Crippen LogP contribution in [-0.2, 0) is 13.0 Å². The Morgan fingerprint density at radius 2 is 2.05 bits per heavy atom. The predicted octanol–water partition coefficient (Wildman–Crippen LogP) is 2.48. The molecule has 1 aromatic heterocycles. The highest BCUT2D eigenvalue weighted by atomic mass is 19.1. The van der Waals surface area contributed by atoms with Gasteiger partial charge in [-0.3, -0.25) is 0 Å². The van der Waals surface area contributed by atoms with Crippen LogP contribution in [-0.4, -0.2) is 9.78 Å². The van der Waals surface area contributed by atoms with E-state index in [1.165, 1.54) is 12.1 Å². The lowest BCUT2D eigenvalue weighted by Gasteiger charge is -1.99. The highest BCUT2D eigenvalue weighted by Gasteiger charge is 2.15. The first-order valence-corrected chi connectivity index (χ1v) is 6.15. The molecule has 5 heteroatoms. The molecular weight excluding hydrogens is 243 g/mol. The number of benzene rings is 1. The number of hydrogen-bond donors (Lipinski definition) is 1. The number of rotatable bonds is 4. The van der Waals surface area contributed by atoms with E-state index in [1.807, 2.05) is 6.92 Å². The molecule has 2 N–H and O–H groups in total. The number of aromatic nitrogens is 2. The van der Waals surface area contributed by atoms with Gasteiger partial charge < -0.3 is 5.73 Å². The van der Waals surface area contributed by atoms with Crippen LogP contribution >= 0.6 is 0 Å². The third-order valence-electron chi connectivity index (χ3n) is 2.90. The molecule has 0 radical (unpaired) electrons. The molecule has 0 fully saturated rings. The number of nitrogen functional groups attached to an aromatic ring is 1. The Kier molecular flexibility index (Phi) is 3.81. The molecule has 4 nitrogen and oxygen atoms in total. The van der Waals surface area contributed by atoms with Crippen LogP contribution in [0.1, 0.15) is 30.2 Å². The van der Waals surface area contributed by atoms with Gasteiger partial charge in [0.1, 0.15) is 23.3 Å². The zero-order valence-electron chi connectivity index (χ0n) is 10.7. The lowest BCUT2D eigenvalue weighted by atomic mass is 10.1. The van der Waals surface area contributed by atoms with Gasteiger partial charge in [-0.05, 0) is 24.1 Å². The van der Waals surface area contributed by atoms with Crippen LogP contribution in [0.3, 0.4) is 0 Å². The van der Waals surface area contributed by atoms with Gasteiger partial charge in [0, 0.05) is 13.0 Å². The fourth-order valence-electron chi connectivity index (χ4n) is 1.95. The normalized spacial score (nSPS) is 10.4. The predicted molar refractivity (Wildman–Crippen MR) is 70.9 cm³/mol. The maximum Gasteiger partial charge on any atom is 0.140 e. The number of nitrogens with zero attached hydrogens (tertiary/aromatic N) is 3. The van der Waals surface area contributed by atoms with E-state index in [4.69, 9.17) is 11.0 Å². The summed E-state index contributed by atoms with van der Waals surface area (Å²) >= 11 is 0. The highest BCUT2D eigenvalue weighted by molar-refractivity contribution is 5.53. The average Bonchev–Trinajstić information content (AvgIpc) is 2.69. The minimum Gasteiger partial charge on any atom is -0.383 e. The number of halogens is 1. The largest absolute Gasteiger partial charge is 0.383 e. The first kappa shape index (κ1) is 13.1. The van der Waals surface area contributed by atoms with Crippen LogP contribution in [0.25, 0.3) is 0 Å². The van der Waals surface area contributed by atoms with Crippen molar-refractivity contribution in [3.63, 3.8) is 0 Å². The molecule has 0 aliphatic heterocycles. The topological polar surface area (TPSA) is 67.6 Å². The molecule has 1 aromatic carbocycles. The summed E-state index contributed by atoms with van der Waals surface area (Å²) in [5.74, 6) is 0.127. The Labute approximate surface area is 111 Å². The van der Waals surface area contributed by atoms with Crippen molar-refractivity contribution in [2.45, 2.75) is 26.3 Å². The summed E-state index contributed by atoms with van der Waals surface area (Å²) in [7, 11) is 0. The molecule has 98 valence electrons. The smallest absolute Gasteiger partial charge is 0.140 e. The molecule has 2 rings (SSSR count). The maximum atomic E-state index is 12.8. The third kappa shape index (κ3) is 2.74. The van der Waals surface area contributed by atoms with Gasteiger partial charge in [-0.25, -0.2) is 9.07 Å². The standard InChI is InChI=1S/C14H15FN4/c1-2-7-19-14(17)12(9-16)13(18-19)8-10-3-5-11(15)6-4-10/h3-6H,2,7-8,17H2,1H3. The molecule has 0 saturated carbocycles. The van der Waals surface area contributed by atoms with E-state index >= 15 is 0 Å². The summed E-state index contributed by atoms with van der Waals surface area (Å²) in [6.45, 7) is 2.71. The van der Waals surface area contributed by atoms with Crippen molar-refractivity contribution in [2.24, 2.45) is 0 Å². The lowest BCUT2D eigenvalue weighted by Crippen LogP contribution is -2.04. The van der Waals surface area contributed by atoms with Crippen LogP contribution in [0.4, 0.5) is 10.2 Å². The molecule has 0 bridgehead atoms. The van der Waals surface area contributed by atoms with Crippen molar-refractivity contribution in [3.05, 3.63) is 46.9 Å². The maximum absolute atomic E-state index is 12.8. The molecule has 0 atom stereocenters. The third-order valence-corrected chi connectivity index (χ3v) is 2.90. The SMILES string of the molecule is CCCn1nc(Cc2ccc(F)cc2)c(C#N)c1N. The second-order valence-corrected chi connectivity index (χ2v) is 4.35. The van der Waals surface area contributed by atoms with E-state index in [-0.39, 0.29) is 5.82 Å². The first-order chi connectivity index (χ1) is 9.15. The summed E-state index contributed by atoms with van der Waals surface area (Å²) in [6.07, 6.45) is 1.37. The van der Waals surface area contributed by atoms with Gasteiger partial charge in [0.05, 0.1) is 5.69 Å². The summed E-state index contributed by atoms with van der Waals surface area (Å²) in [5, 5.41) is 13.5. The van der Waals surface area contributed by atoms with Crippen molar-refractivity contribution in [1.82, 2.24) is 9.78 Å². The van der Waals surface area contributed by atoms with Crippen molar-refractivity contribution in [3.8, 4) is 6.07 Å². The van der Waals surface area contributed by atoms with E-state index in [9.17, 15) is 4.39 Å². The van der Waals surface area contributed by atoms with Gasteiger partial charge in [0.15, 0.2) is 0 Å². The first-order valence-electron chi connectivity index (χ1n) is 6.15. The fraction of sp³-hybridized carbons (Fsp3) is 0.286. The van der Waals surface area contributed by atoms with Gasteiger partial charge >= 0.3 is 0 Å². The number of aryl methyl sites for hydroxylation is 1. The average molecular weight is 258 g/mol. The Morgan fingerprint density at radius 3 is 2.63 bits per heavy atom. The van der Waals surface area contributed by atoms with Crippen molar-refractivity contribution >= 4 is 5.82 Å². The Morgan fingerprint density at radius 1 is 1.37 bits per heavy atom. The highest BCUT2D eigenvalue weighted by Crippen LogP contribution is 2.19. The minimum absolute atomic E-state index is 0.278. The monoisotopic (exact) mass is 258 g/mol. The summed E-state index contributed by atoms with van der Waals surface area (Å²) in [5.41, 5.74) is 7.85. The molecule has 0 aliphatic rings. The van der Waals surface area contributed by atoms with Crippen molar-refractivity contribution in [1.29, 1.82) is 5.26 Å². The number of nitriles is 1. The zero-order valence-corrected chi connectivity index (χ0v) is 10.7. The van der Waals surface area contributed by atoms with Gasteiger partial charge in [-0.2, -0.15) is 10.4 Å². The Balaban J connectivity index is 2.32. The van der Waals surface area contributed by atoms with Crippen molar-refractivity contribution < 1.29 is 4.39 Å². The summed E-state index contributed by atoms with van der Waals surface area (Å²) in [6, 6.07) is 8.26. The van der Waals surface area contributed by atoms with E-state index in [0.717, 1.165) is 12.0 Å². The molecule has 0 amide bonds. The number of anilines is 1. The van der Waals surface area contributed by atoms with Crippen molar-refractivity contribution in [2.75, 3.05) is 5.73 Å². The van der Waals surface area contributed by atoms with Crippen LogP contribution in [0.5, 0.6) is 0 Å². The van der Waals surface area contributed by atoms with Crippen LogP contribution in [0.2, 0.25) is 0 Å². The second-order valence-electron chi connectivity index (χ2n) is 4.35. The lowest BCUT2D eigenvalue weighted by molar-refractivity contribution is 0.604. The Hall–Kier alpha value is -2.35. The molecule has 1 heterocycles. The quantitative estimate of drug-likeness (QED) is 0.916. The van der Waals surface area contributed by atoms with E-state index in [2.05, 4.69) is 11.2 Å². The Bertz CT molecular complexity index is 608. The summed E-state index contributed by atoms with van der Waals surface area (Å²) in [4.78, 5) is 0. The number of hydrogen-bond acceptors (Lipinski definition) is 3. The van der Waals surface area contributed by atoms with Gasteiger partial charge in [0.2, 0.25) is 0 Å². The molecule has 0 spiro atoms. The summed E-state index contributed by atoms with van der Waals surface area (Å²) < 4.78 is 14.5. The zero-order chi connectivity index (χ0) is 13.8. The molecule has 0 unspecified atom stereocenters. The van der Waals surface area contributed by atoms with Crippen LogP contribution in [0.15, 0.2) is 24.3 Å². The van der Waals surface area contributed by atoms with Gasteiger partial charge in [0.25, 0.3) is 0 Å². The fourth-order valence-corrected chi connectivity index (χ4v) is 1.95. The van der Waals surface area contributed by atoms with E-state index in [0.29, 0.717) is 30.0 Å². The minimum atomic E-state index is -0.278. The van der Waals surface area contributed by atoms with Crippen LogP contribution < -0.4 is 5.73 Å². The molecule has 0 saturated heterocycles. The number of nitrogens with two attached hydrogens (primary N) is 1. The van der Waals surface area contributed by atoms with E-state index < -0.39 is 0 Å². The molecule has 19 heavy (non-hydrogen) atoms. The second kappa shape index (κ2) is 5.53.